The van der Waals surface area contributed by atoms with E-state index in [4.69, 9.17) is 4.74 Å². The average molecular weight is 536 g/mol. The molecule has 0 bridgehead atoms. The number of nitrogens with one attached hydrogen (secondary N) is 3. The smallest absolute Gasteiger partial charge is 0.267 e. The van der Waals surface area contributed by atoms with E-state index in [-0.39, 0.29) is 42.8 Å². The Morgan fingerprint density at radius 3 is 2.67 bits per heavy atom. The molecule has 0 unspecified atom stereocenters. The molecular weight excluding hydrogens is 494 g/mol. The molecule has 2 aliphatic heterocycles. The second kappa shape index (κ2) is 12.8. The van der Waals surface area contributed by atoms with E-state index in [9.17, 15) is 14.4 Å². The highest BCUT2D eigenvalue weighted by Crippen LogP contribution is 2.36. The van der Waals surface area contributed by atoms with Gasteiger partial charge in [-0.25, -0.2) is 0 Å². The Kier molecular flexibility index (Phi) is 8.98. The fourth-order valence-corrected chi connectivity index (χ4v) is 6.38. The molecule has 3 aliphatic rings. The van der Waals surface area contributed by atoms with E-state index in [1.54, 1.807) is 18.3 Å². The Morgan fingerprint density at radius 2 is 1.85 bits per heavy atom. The third kappa shape index (κ3) is 6.70. The highest BCUT2D eigenvalue weighted by atomic mass is 16.5. The molecule has 3 atom stereocenters. The zero-order chi connectivity index (χ0) is 27.1. The van der Waals surface area contributed by atoms with Crippen molar-refractivity contribution in [2.24, 2.45) is 0 Å². The molecule has 210 valence electrons. The number of rotatable bonds is 8. The number of ether oxygens (including phenoxy) is 1. The van der Waals surface area contributed by atoms with Crippen molar-refractivity contribution in [2.45, 2.75) is 75.6 Å². The van der Waals surface area contributed by atoms with Crippen LogP contribution in [0, 0.1) is 0 Å². The molecule has 5 rings (SSSR count). The second-order valence-corrected chi connectivity index (χ2v) is 11.1. The number of hydrogen-bond donors (Lipinski definition) is 3. The van der Waals surface area contributed by atoms with Gasteiger partial charge in [0, 0.05) is 32.3 Å². The van der Waals surface area contributed by atoms with Crippen molar-refractivity contribution >= 4 is 17.7 Å². The topological polar surface area (TPSA) is 107 Å². The van der Waals surface area contributed by atoms with E-state index in [0.29, 0.717) is 25.4 Å². The number of benzene rings is 1. The fourth-order valence-electron chi connectivity index (χ4n) is 6.38. The van der Waals surface area contributed by atoms with Crippen LogP contribution in [0.15, 0.2) is 48.7 Å². The molecule has 3 fully saturated rings. The third-order valence-corrected chi connectivity index (χ3v) is 8.44. The predicted octanol–water partition coefficient (Wildman–Crippen LogP) is 2.85. The minimum atomic E-state index is -0.561. The van der Waals surface area contributed by atoms with Gasteiger partial charge in [-0.1, -0.05) is 49.6 Å². The first-order valence-electron chi connectivity index (χ1n) is 14.5. The first kappa shape index (κ1) is 27.4. The summed E-state index contributed by atoms with van der Waals surface area (Å²) < 4.78 is 6.41. The van der Waals surface area contributed by atoms with Gasteiger partial charge in [0.05, 0.1) is 25.2 Å². The zero-order valence-electron chi connectivity index (χ0n) is 22.7. The molecule has 0 radical (unpaired) electrons. The molecule has 1 spiro atoms. The summed E-state index contributed by atoms with van der Waals surface area (Å²) in [5.41, 5.74) is 1.14. The molecular formula is C30H41N5O4. The van der Waals surface area contributed by atoms with Gasteiger partial charge < -0.3 is 25.3 Å². The lowest BCUT2D eigenvalue weighted by Crippen LogP contribution is -2.66. The minimum absolute atomic E-state index is 0.110. The minimum Gasteiger partial charge on any atom is -0.369 e. The van der Waals surface area contributed by atoms with Crippen LogP contribution in [0.4, 0.5) is 0 Å². The van der Waals surface area contributed by atoms with Crippen LogP contribution in [0.1, 0.15) is 67.4 Å². The van der Waals surface area contributed by atoms with Crippen molar-refractivity contribution in [3.05, 3.63) is 59.9 Å². The van der Waals surface area contributed by atoms with Crippen molar-refractivity contribution in [1.29, 1.82) is 0 Å². The van der Waals surface area contributed by atoms with Gasteiger partial charge in [0.2, 0.25) is 11.8 Å². The Labute approximate surface area is 230 Å². The fraction of sp³-hybridized carbons (Fsp3) is 0.567. The van der Waals surface area contributed by atoms with E-state index in [1.807, 2.05) is 11.0 Å². The molecule has 3 heterocycles. The van der Waals surface area contributed by atoms with Crippen LogP contribution < -0.4 is 10.6 Å². The summed E-state index contributed by atoms with van der Waals surface area (Å²) in [5, 5.41) is 5.98. The van der Waals surface area contributed by atoms with Crippen molar-refractivity contribution in [2.75, 3.05) is 32.8 Å². The summed E-state index contributed by atoms with van der Waals surface area (Å²) in [6.45, 7) is 3.55. The zero-order valence-corrected chi connectivity index (χ0v) is 22.7. The number of nitrogens with zero attached hydrogens (tertiary/aromatic N) is 2. The van der Waals surface area contributed by atoms with Crippen LogP contribution in [0.25, 0.3) is 0 Å². The number of hydrogen-bond acceptors (Lipinski definition) is 5. The molecule has 3 amide bonds. The molecule has 2 aromatic rings. The molecule has 9 heteroatoms. The van der Waals surface area contributed by atoms with Crippen LogP contribution >= 0.6 is 0 Å². The highest BCUT2D eigenvalue weighted by molar-refractivity contribution is 5.92. The maximum Gasteiger partial charge on any atom is 0.267 e. The normalized spacial score (nSPS) is 25.8. The van der Waals surface area contributed by atoms with Gasteiger partial charge in [-0.3, -0.25) is 19.3 Å². The van der Waals surface area contributed by atoms with E-state index >= 15 is 0 Å². The molecule has 3 N–H and O–H groups in total. The Bertz CT molecular complexity index is 1100. The lowest BCUT2D eigenvalue weighted by atomic mass is 9.78. The molecule has 9 nitrogen and oxygen atoms in total. The van der Waals surface area contributed by atoms with Gasteiger partial charge in [-0.2, -0.15) is 0 Å². The number of piperidine rings is 1. The van der Waals surface area contributed by atoms with Crippen LogP contribution in [0.2, 0.25) is 0 Å². The first-order chi connectivity index (χ1) is 19.0. The number of aromatic nitrogens is 1. The summed E-state index contributed by atoms with van der Waals surface area (Å²) in [5.74, 6) is -0.145. The quantitative estimate of drug-likeness (QED) is 0.482. The van der Waals surface area contributed by atoms with Crippen LogP contribution in [0.5, 0.6) is 0 Å². The van der Waals surface area contributed by atoms with Crippen molar-refractivity contribution < 1.29 is 19.1 Å². The van der Waals surface area contributed by atoms with Crippen molar-refractivity contribution in [3.8, 4) is 0 Å². The number of likely N-dealkylation sites (tertiary alicyclic amines) is 1. The number of amides is 3. The summed E-state index contributed by atoms with van der Waals surface area (Å²) in [6.07, 6.45) is 8.63. The molecule has 2 saturated heterocycles. The largest absolute Gasteiger partial charge is 0.369 e. The van der Waals surface area contributed by atoms with Crippen molar-refractivity contribution in [1.82, 2.24) is 25.4 Å². The summed E-state index contributed by atoms with van der Waals surface area (Å²) >= 11 is 0. The third-order valence-electron chi connectivity index (χ3n) is 8.44. The molecule has 1 aromatic heterocycles. The Morgan fingerprint density at radius 1 is 1.00 bits per heavy atom. The van der Waals surface area contributed by atoms with Crippen molar-refractivity contribution in [3.63, 3.8) is 0 Å². The number of aromatic amines is 1. The Balaban J connectivity index is 1.19. The first-order valence-corrected chi connectivity index (χ1v) is 14.5. The lowest BCUT2D eigenvalue weighted by Gasteiger charge is -2.50. The predicted molar refractivity (Wildman–Crippen MR) is 148 cm³/mol. The second-order valence-electron chi connectivity index (χ2n) is 11.1. The Hall–Kier alpha value is -3.17. The van der Waals surface area contributed by atoms with Gasteiger partial charge in [0.1, 0.15) is 11.3 Å². The number of carbonyl (C=O) groups excluding carboxylic acids is 3. The average Bonchev–Trinajstić information content (AvgIpc) is 3.50. The van der Waals surface area contributed by atoms with Gasteiger partial charge in [-0.05, 0) is 49.9 Å². The molecule has 1 saturated carbocycles. The monoisotopic (exact) mass is 535 g/mol. The summed E-state index contributed by atoms with van der Waals surface area (Å²) in [6, 6.07) is 13.6. The molecule has 39 heavy (non-hydrogen) atoms. The number of H-pyrrole nitrogens is 1. The number of carbonyl (C=O) groups is 3. The summed E-state index contributed by atoms with van der Waals surface area (Å²) in [7, 11) is 0. The maximum absolute atomic E-state index is 13.9. The van der Waals surface area contributed by atoms with E-state index in [0.717, 1.165) is 58.0 Å². The lowest BCUT2D eigenvalue weighted by molar-refractivity contribution is -0.169. The van der Waals surface area contributed by atoms with Gasteiger partial charge >= 0.3 is 0 Å². The van der Waals surface area contributed by atoms with Gasteiger partial charge in [0.25, 0.3) is 5.91 Å². The van der Waals surface area contributed by atoms with E-state index in [2.05, 4.69) is 44.8 Å². The van der Waals surface area contributed by atoms with E-state index < -0.39 is 5.60 Å². The highest BCUT2D eigenvalue weighted by Gasteiger charge is 2.48. The van der Waals surface area contributed by atoms with Crippen LogP contribution in [0.3, 0.4) is 0 Å². The van der Waals surface area contributed by atoms with Crippen LogP contribution in [-0.4, -0.2) is 83.0 Å². The molecule has 1 aromatic carbocycles. The molecule has 1 aliphatic carbocycles. The van der Waals surface area contributed by atoms with E-state index in [1.165, 1.54) is 5.56 Å². The van der Waals surface area contributed by atoms with Crippen LogP contribution in [-0.2, 0) is 20.9 Å². The summed E-state index contributed by atoms with van der Waals surface area (Å²) in [4.78, 5) is 46.1. The maximum atomic E-state index is 13.9. The van der Waals surface area contributed by atoms with Gasteiger partial charge in [-0.15, -0.1) is 0 Å². The van der Waals surface area contributed by atoms with Gasteiger partial charge in [0.15, 0.2) is 0 Å². The SMILES string of the molecule is O=C(CCNC(=O)c1ccc[nH]1)N[C@H]1CCCC[C@@]12CN(C(=O)[C@@H]1CCCCN1Cc1ccccc1)CCO2. The standard InChI is InChI=1S/C30H41N5O4/c36-27(14-17-32-28(37)24-11-8-16-31-24)33-26-13-4-6-15-30(26)22-35(19-20-39-30)29(38)25-12-5-7-18-34(25)21-23-9-2-1-3-10-23/h1-3,8-11,16,25-26,31H,4-7,12-15,17-22H2,(H,32,37)(H,33,36)/t25-,26-,30+/m0/s1. The number of morpholine rings is 1.